The van der Waals surface area contributed by atoms with Crippen LogP contribution in [0, 0.1) is 6.92 Å². The number of benzene rings is 1. The van der Waals surface area contributed by atoms with E-state index in [1.165, 1.54) is 5.56 Å². The number of rotatable bonds is 5. The van der Waals surface area contributed by atoms with Gasteiger partial charge in [0.15, 0.2) is 0 Å². The average molecular weight is 363 g/mol. The molecule has 1 aliphatic rings. The summed E-state index contributed by atoms with van der Waals surface area (Å²) in [6.07, 6.45) is 6.69. The molecule has 3 aromatic rings. The molecule has 3 heterocycles. The molecule has 6 heteroatoms. The molecule has 27 heavy (non-hydrogen) atoms. The van der Waals surface area contributed by atoms with Crippen molar-refractivity contribution in [1.82, 2.24) is 24.6 Å². The molecule has 0 saturated carbocycles. The van der Waals surface area contributed by atoms with E-state index in [2.05, 4.69) is 44.5 Å². The predicted molar refractivity (Wildman–Crippen MR) is 105 cm³/mol. The van der Waals surface area contributed by atoms with Crippen molar-refractivity contribution in [3.05, 3.63) is 65.7 Å². The maximum Gasteiger partial charge on any atom is 0.270 e. The number of aryl methyl sites for hydroxylation is 1. The standard InChI is InChI=1S/C21H25N5O/c1-16-19(26-13-6-11-22-21(26)23-16)20(27)24-18-9-5-12-25(15-18)14-10-17-7-3-2-4-8-17/h2-4,6-8,11,13,18H,5,9-10,12,14-15H2,1H3,(H,24,27). The van der Waals surface area contributed by atoms with Gasteiger partial charge in [-0.05, 0) is 44.4 Å². The van der Waals surface area contributed by atoms with Gasteiger partial charge in [0.05, 0.1) is 5.69 Å². The van der Waals surface area contributed by atoms with Crippen LogP contribution < -0.4 is 5.32 Å². The van der Waals surface area contributed by atoms with Gasteiger partial charge < -0.3 is 10.2 Å². The van der Waals surface area contributed by atoms with Gasteiger partial charge in [0.2, 0.25) is 5.78 Å². The maximum atomic E-state index is 12.9. The molecule has 0 aliphatic carbocycles. The number of hydrogen-bond acceptors (Lipinski definition) is 4. The molecule has 1 aliphatic heterocycles. The molecule has 140 valence electrons. The second kappa shape index (κ2) is 7.88. The first kappa shape index (κ1) is 17.7. The van der Waals surface area contributed by atoms with E-state index in [4.69, 9.17) is 0 Å². The molecule has 1 amide bonds. The smallest absolute Gasteiger partial charge is 0.270 e. The number of carbonyl (C=O) groups excluding carboxylic acids is 1. The quantitative estimate of drug-likeness (QED) is 0.756. The molecule has 0 bridgehead atoms. The monoisotopic (exact) mass is 363 g/mol. The molecule has 0 radical (unpaired) electrons. The Bertz CT molecular complexity index is 921. The third-order valence-electron chi connectivity index (χ3n) is 5.19. The molecular weight excluding hydrogens is 338 g/mol. The Morgan fingerprint density at radius 3 is 2.96 bits per heavy atom. The SMILES string of the molecule is Cc1nc2ncccn2c1C(=O)NC1CCCN(CCc2ccccc2)C1. The van der Waals surface area contributed by atoms with Crippen LogP contribution in [-0.4, -0.2) is 50.9 Å². The van der Waals surface area contributed by atoms with Gasteiger partial charge in [0.25, 0.3) is 5.91 Å². The summed E-state index contributed by atoms with van der Waals surface area (Å²) in [6, 6.07) is 12.5. The fourth-order valence-corrected chi connectivity index (χ4v) is 3.83. The highest BCUT2D eigenvalue weighted by molar-refractivity contribution is 5.94. The van der Waals surface area contributed by atoms with E-state index in [0.29, 0.717) is 17.2 Å². The molecule has 1 fully saturated rings. The first-order valence-corrected chi connectivity index (χ1v) is 9.57. The molecule has 1 atom stereocenters. The van der Waals surface area contributed by atoms with Crippen LogP contribution in [0.4, 0.5) is 0 Å². The number of hydrogen-bond donors (Lipinski definition) is 1. The zero-order valence-electron chi connectivity index (χ0n) is 15.6. The van der Waals surface area contributed by atoms with Gasteiger partial charge in [0, 0.05) is 31.5 Å². The molecule has 1 unspecified atom stereocenters. The number of nitrogens with zero attached hydrogens (tertiary/aromatic N) is 4. The van der Waals surface area contributed by atoms with Crippen molar-refractivity contribution < 1.29 is 4.79 Å². The minimum Gasteiger partial charge on any atom is -0.347 e. The Morgan fingerprint density at radius 2 is 2.11 bits per heavy atom. The van der Waals surface area contributed by atoms with Crippen LogP contribution in [0.25, 0.3) is 5.78 Å². The average Bonchev–Trinajstić information content (AvgIpc) is 3.03. The number of nitrogens with one attached hydrogen (secondary N) is 1. The van der Waals surface area contributed by atoms with Crippen LogP contribution in [0.3, 0.4) is 0 Å². The second-order valence-electron chi connectivity index (χ2n) is 7.18. The Kier molecular flexibility index (Phi) is 5.16. The van der Waals surface area contributed by atoms with Gasteiger partial charge in [-0.25, -0.2) is 9.97 Å². The van der Waals surface area contributed by atoms with Crippen LogP contribution in [0.2, 0.25) is 0 Å². The summed E-state index contributed by atoms with van der Waals surface area (Å²) in [5.41, 5.74) is 2.65. The summed E-state index contributed by atoms with van der Waals surface area (Å²) in [5, 5.41) is 3.21. The number of carbonyl (C=O) groups is 1. The minimum atomic E-state index is -0.0668. The lowest BCUT2D eigenvalue weighted by atomic mass is 10.0. The van der Waals surface area contributed by atoms with Crippen molar-refractivity contribution in [2.45, 2.75) is 32.2 Å². The van der Waals surface area contributed by atoms with Crippen molar-refractivity contribution in [2.75, 3.05) is 19.6 Å². The summed E-state index contributed by atoms with van der Waals surface area (Å²) < 4.78 is 1.76. The zero-order valence-corrected chi connectivity index (χ0v) is 15.6. The van der Waals surface area contributed by atoms with E-state index in [1.54, 1.807) is 10.6 Å². The van der Waals surface area contributed by atoms with Crippen LogP contribution in [0.15, 0.2) is 48.8 Å². The van der Waals surface area contributed by atoms with Crippen LogP contribution in [0.5, 0.6) is 0 Å². The van der Waals surface area contributed by atoms with E-state index in [-0.39, 0.29) is 11.9 Å². The number of amides is 1. The minimum absolute atomic E-state index is 0.0668. The zero-order chi connectivity index (χ0) is 18.6. The van der Waals surface area contributed by atoms with E-state index in [1.807, 2.05) is 25.3 Å². The van der Waals surface area contributed by atoms with Gasteiger partial charge in [-0.1, -0.05) is 30.3 Å². The largest absolute Gasteiger partial charge is 0.347 e. The van der Waals surface area contributed by atoms with Crippen molar-refractivity contribution in [1.29, 1.82) is 0 Å². The fraction of sp³-hybridized carbons (Fsp3) is 0.381. The molecule has 1 saturated heterocycles. The predicted octanol–water partition coefficient (Wildman–Crippen LogP) is 2.47. The second-order valence-corrected chi connectivity index (χ2v) is 7.18. The van der Waals surface area contributed by atoms with E-state index in [9.17, 15) is 4.79 Å². The molecule has 1 aromatic carbocycles. The van der Waals surface area contributed by atoms with E-state index >= 15 is 0 Å². The summed E-state index contributed by atoms with van der Waals surface area (Å²) in [6.45, 7) is 4.87. The maximum absolute atomic E-state index is 12.9. The first-order chi connectivity index (χ1) is 13.2. The third-order valence-corrected chi connectivity index (χ3v) is 5.19. The van der Waals surface area contributed by atoms with Gasteiger partial charge in [0.1, 0.15) is 5.69 Å². The molecule has 4 rings (SSSR count). The summed E-state index contributed by atoms with van der Waals surface area (Å²) in [7, 11) is 0. The number of fused-ring (bicyclic) bond motifs is 1. The van der Waals surface area contributed by atoms with Crippen molar-refractivity contribution in [3.63, 3.8) is 0 Å². The lowest BCUT2D eigenvalue weighted by Gasteiger charge is -2.33. The van der Waals surface area contributed by atoms with Gasteiger partial charge in [-0.3, -0.25) is 9.20 Å². The lowest BCUT2D eigenvalue weighted by Crippen LogP contribution is -2.48. The Morgan fingerprint density at radius 1 is 1.26 bits per heavy atom. The Labute approximate surface area is 159 Å². The highest BCUT2D eigenvalue weighted by atomic mass is 16.2. The summed E-state index contributed by atoms with van der Waals surface area (Å²) >= 11 is 0. The topological polar surface area (TPSA) is 62.5 Å². The molecule has 2 aromatic heterocycles. The first-order valence-electron chi connectivity index (χ1n) is 9.57. The van der Waals surface area contributed by atoms with Gasteiger partial charge >= 0.3 is 0 Å². The van der Waals surface area contributed by atoms with Crippen molar-refractivity contribution >= 4 is 11.7 Å². The normalized spacial score (nSPS) is 17.9. The van der Waals surface area contributed by atoms with Crippen LogP contribution in [0.1, 0.15) is 34.6 Å². The molecule has 6 nitrogen and oxygen atoms in total. The number of piperidine rings is 1. The third kappa shape index (κ3) is 4.01. The lowest BCUT2D eigenvalue weighted by molar-refractivity contribution is 0.0897. The number of aromatic nitrogens is 3. The van der Waals surface area contributed by atoms with E-state index in [0.717, 1.165) is 38.9 Å². The van der Waals surface area contributed by atoms with Gasteiger partial charge in [-0.2, -0.15) is 0 Å². The van der Waals surface area contributed by atoms with Crippen LogP contribution >= 0.6 is 0 Å². The Balaban J connectivity index is 1.38. The summed E-state index contributed by atoms with van der Waals surface area (Å²) in [4.78, 5) is 23.9. The van der Waals surface area contributed by atoms with Gasteiger partial charge in [-0.15, -0.1) is 0 Å². The number of imidazole rings is 1. The Hall–Kier alpha value is -2.73. The van der Waals surface area contributed by atoms with Crippen molar-refractivity contribution in [2.24, 2.45) is 0 Å². The highest BCUT2D eigenvalue weighted by Gasteiger charge is 2.24. The molecular formula is C21H25N5O. The number of likely N-dealkylation sites (tertiary alicyclic amines) is 1. The fourth-order valence-electron chi connectivity index (χ4n) is 3.83. The summed E-state index contributed by atoms with van der Waals surface area (Å²) in [5.74, 6) is 0.496. The van der Waals surface area contributed by atoms with Crippen molar-refractivity contribution in [3.8, 4) is 0 Å². The molecule has 1 N–H and O–H groups in total. The van der Waals surface area contributed by atoms with Crippen LogP contribution in [-0.2, 0) is 6.42 Å². The highest BCUT2D eigenvalue weighted by Crippen LogP contribution is 2.14. The van der Waals surface area contributed by atoms with E-state index < -0.39 is 0 Å². The molecule has 0 spiro atoms.